The van der Waals surface area contributed by atoms with Gasteiger partial charge in [-0.2, -0.15) is 0 Å². The molecule has 3 atom stereocenters. The molecule has 0 unspecified atom stereocenters. The van der Waals surface area contributed by atoms with Crippen molar-refractivity contribution in [1.29, 1.82) is 0 Å². The third kappa shape index (κ3) is 1.67. The number of rotatable bonds is 2. The lowest BCUT2D eigenvalue weighted by Gasteiger charge is -2.60. The molecule has 4 nitrogen and oxygen atoms in total. The average Bonchev–Trinajstić information content (AvgIpc) is 2.53. The van der Waals surface area contributed by atoms with Crippen LogP contribution < -0.4 is 5.11 Å². The number of carbonyl (C=O) groups is 1. The van der Waals surface area contributed by atoms with Gasteiger partial charge in [0.25, 0.3) is 0 Å². The molecule has 2 bridgehead atoms. The smallest absolute Gasteiger partial charge is 0.0889 e. The molecule has 0 N–H and O–H groups in total. The maximum Gasteiger partial charge on any atom is 0.0889 e. The molecular weight excluding hydrogens is 276 g/mol. The zero-order valence-electron chi connectivity index (χ0n) is 12.6. The van der Waals surface area contributed by atoms with Crippen LogP contribution in [0.15, 0.2) is 36.5 Å². The topological polar surface area (TPSA) is 65.9 Å². The number of aromatic nitrogens is 2. The van der Waals surface area contributed by atoms with Gasteiger partial charge in [-0.25, -0.2) is 0 Å². The van der Waals surface area contributed by atoms with Gasteiger partial charge in [0.1, 0.15) is 0 Å². The number of carboxylic acids is 1. The Morgan fingerprint density at radius 1 is 1.23 bits per heavy atom. The van der Waals surface area contributed by atoms with E-state index < -0.39 is 11.9 Å². The van der Waals surface area contributed by atoms with Crippen molar-refractivity contribution in [3.8, 4) is 11.4 Å². The number of carbonyl (C=O) groups excluding carboxylic acids is 1. The Morgan fingerprint density at radius 3 is 2.68 bits per heavy atom. The molecule has 3 aliphatic carbocycles. The van der Waals surface area contributed by atoms with Gasteiger partial charge in [-0.1, -0.05) is 26.0 Å². The highest BCUT2D eigenvalue weighted by molar-refractivity contribution is 5.77. The monoisotopic (exact) mass is 293 g/mol. The molecular formula is C18H17N2O2-. The first-order valence-electron chi connectivity index (χ1n) is 7.63. The third-order valence-corrected chi connectivity index (χ3v) is 5.55. The molecule has 0 radical (unpaired) electrons. The second-order valence-corrected chi connectivity index (χ2v) is 6.90. The summed E-state index contributed by atoms with van der Waals surface area (Å²) in [6, 6.07) is 9.49. The number of pyridine rings is 2. The predicted molar refractivity (Wildman–Crippen MR) is 79.8 cm³/mol. The van der Waals surface area contributed by atoms with Crippen molar-refractivity contribution in [2.45, 2.75) is 32.1 Å². The normalized spacial score (nSPS) is 27.6. The lowest BCUT2D eigenvalue weighted by atomic mass is 9.45. The van der Waals surface area contributed by atoms with Crippen LogP contribution >= 0.6 is 0 Å². The summed E-state index contributed by atoms with van der Waals surface area (Å²) in [7, 11) is 0. The summed E-state index contributed by atoms with van der Waals surface area (Å²) in [5, 5.41) is 11.6. The molecule has 1 fully saturated rings. The van der Waals surface area contributed by atoms with E-state index in [1.165, 1.54) is 0 Å². The largest absolute Gasteiger partial charge is 0.549 e. The van der Waals surface area contributed by atoms with Crippen LogP contribution in [0.25, 0.3) is 11.4 Å². The summed E-state index contributed by atoms with van der Waals surface area (Å²) in [5.74, 6) is -1.05. The van der Waals surface area contributed by atoms with Gasteiger partial charge in [0.2, 0.25) is 0 Å². The fourth-order valence-electron chi connectivity index (χ4n) is 4.18. The molecule has 112 valence electrons. The van der Waals surface area contributed by atoms with Gasteiger partial charge in [0.05, 0.1) is 11.4 Å². The molecule has 0 aromatic carbocycles. The van der Waals surface area contributed by atoms with Crippen LogP contribution in [0.4, 0.5) is 0 Å². The SMILES string of the molecule is CC1(C)[C@@H]2C[C@H]1c1nc(-c3ccccn3)ccc1[C@H]2C(=O)[O-]. The van der Waals surface area contributed by atoms with Crippen molar-refractivity contribution in [2.75, 3.05) is 0 Å². The maximum atomic E-state index is 11.6. The number of aliphatic carboxylic acids is 1. The Hall–Kier alpha value is -2.23. The standard InChI is InChI=1S/C18H18N2O2/c1-18(2)11-9-12(18)16-10(15(11)17(21)22)6-7-14(20-16)13-5-3-4-8-19-13/h3-8,11-12,15H,9H2,1-2H3,(H,21,22)/p-1/t11-,12+,15-/m1/s1. The number of carboxylic acid groups (broad SMARTS) is 1. The molecule has 0 spiro atoms. The minimum absolute atomic E-state index is 0.0342. The van der Waals surface area contributed by atoms with Gasteiger partial charge in [-0.15, -0.1) is 0 Å². The third-order valence-electron chi connectivity index (χ3n) is 5.55. The summed E-state index contributed by atoms with van der Waals surface area (Å²) in [6.45, 7) is 4.28. The molecule has 4 heteroatoms. The van der Waals surface area contributed by atoms with Crippen molar-refractivity contribution in [2.24, 2.45) is 11.3 Å². The highest BCUT2D eigenvalue weighted by Crippen LogP contribution is 2.65. The molecule has 3 aliphatic rings. The first kappa shape index (κ1) is 13.4. The Morgan fingerprint density at radius 2 is 2.05 bits per heavy atom. The van der Waals surface area contributed by atoms with Crippen molar-refractivity contribution >= 4 is 5.97 Å². The van der Waals surface area contributed by atoms with E-state index >= 15 is 0 Å². The van der Waals surface area contributed by atoms with Crippen LogP contribution in [0.5, 0.6) is 0 Å². The van der Waals surface area contributed by atoms with Crippen LogP contribution in [-0.2, 0) is 4.79 Å². The fraction of sp³-hybridized carbons (Fsp3) is 0.389. The van der Waals surface area contributed by atoms with E-state index in [2.05, 4.69) is 18.8 Å². The van der Waals surface area contributed by atoms with Crippen LogP contribution in [0.2, 0.25) is 0 Å². The summed E-state index contributed by atoms with van der Waals surface area (Å²) < 4.78 is 0. The Balaban J connectivity index is 1.86. The average molecular weight is 293 g/mol. The summed E-state index contributed by atoms with van der Waals surface area (Å²) in [4.78, 5) is 20.8. The molecule has 5 rings (SSSR count). The second kappa shape index (κ2) is 4.38. The molecule has 1 saturated carbocycles. The first-order chi connectivity index (χ1) is 10.5. The molecule has 2 aromatic rings. The van der Waals surface area contributed by atoms with Crippen molar-refractivity contribution in [3.05, 3.63) is 47.8 Å². The molecule has 0 amide bonds. The minimum Gasteiger partial charge on any atom is -0.549 e. The Kier molecular flexibility index (Phi) is 2.68. The van der Waals surface area contributed by atoms with Crippen LogP contribution in [0, 0.1) is 11.3 Å². The zero-order valence-corrected chi connectivity index (χ0v) is 12.6. The minimum atomic E-state index is -0.982. The second-order valence-electron chi connectivity index (χ2n) is 6.90. The van der Waals surface area contributed by atoms with E-state index in [1.54, 1.807) is 6.20 Å². The first-order valence-corrected chi connectivity index (χ1v) is 7.63. The van der Waals surface area contributed by atoms with E-state index in [4.69, 9.17) is 4.98 Å². The van der Waals surface area contributed by atoms with Gasteiger partial charge in [0, 0.05) is 29.7 Å². The fourth-order valence-corrected chi connectivity index (χ4v) is 4.18. The lowest BCUT2D eigenvalue weighted by Crippen LogP contribution is -2.54. The van der Waals surface area contributed by atoms with Gasteiger partial charge < -0.3 is 9.90 Å². The molecule has 0 aliphatic heterocycles. The molecule has 22 heavy (non-hydrogen) atoms. The van der Waals surface area contributed by atoms with E-state index in [1.807, 2.05) is 30.3 Å². The summed E-state index contributed by atoms with van der Waals surface area (Å²) in [6.07, 6.45) is 2.63. The van der Waals surface area contributed by atoms with E-state index in [0.717, 1.165) is 29.1 Å². The van der Waals surface area contributed by atoms with Crippen LogP contribution in [0.1, 0.15) is 43.4 Å². The molecule has 0 saturated heterocycles. The number of nitrogens with zero attached hydrogens (tertiary/aromatic N) is 2. The Labute approximate surface area is 129 Å². The number of hydrogen-bond donors (Lipinski definition) is 0. The number of hydrogen-bond acceptors (Lipinski definition) is 4. The Bertz CT molecular complexity index is 755. The highest BCUT2D eigenvalue weighted by Gasteiger charge is 2.57. The van der Waals surface area contributed by atoms with E-state index in [0.29, 0.717) is 5.92 Å². The lowest BCUT2D eigenvalue weighted by molar-refractivity contribution is -0.312. The zero-order chi connectivity index (χ0) is 15.5. The quantitative estimate of drug-likeness (QED) is 0.850. The van der Waals surface area contributed by atoms with Gasteiger partial charge in [-0.05, 0) is 41.5 Å². The van der Waals surface area contributed by atoms with Crippen molar-refractivity contribution < 1.29 is 9.90 Å². The van der Waals surface area contributed by atoms with Gasteiger partial charge >= 0.3 is 0 Å². The molecule has 2 heterocycles. The van der Waals surface area contributed by atoms with Crippen molar-refractivity contribution in [3.63, 3.8) is 0 Å². The van der Waals surface area contributed by atoms with E-state index in [9.17, 15) is 9.90 Å². The molecule has 2 aromatic heterocycles. The summed E-state index contributed by atoms with van der Waals surface area (Å²) in [5.41, 5.74) is 3.34. The van der Waals surface area contributed by atoms with Crippen LogP contribution in [-0.4, -0.2) is 15.9 Å². The van der Waals surface area contributed by atoms with E-state index in [-0.39, 0.29) is 11.3 Å². The highest BCUT2D eigenvalue weighted by atomic mass is 16.4. The van der Waals surface area contributed by atoms with Gasteiger partial charge in [-0.3, -0.25) is 9.97 Å². The van der Waals surface area contributed by atoms with Gasteiger partial charge in [0.15, 0.2) is 0 Å². The van der Waals surface area contributed by atoms with Crippen LogP contribution in [0.3, 0.4) is 0 Å². The van der Waals surface area contributed by atoms with Crippen molar-refractivity contribution in [1.82, 2.24) is 9.97 Å². The maximum absolute atomic E-state index is 11.6. The predicted octanol–water partition coefficient (Wildman–Crippen LogP) is 2.12. The summed E-state index contributed by atoms with van der Waals surface area (Å²) >= 11 is 0.